The first-order chi connectivity index (χ1) is 16.0. The van der Waals surface area contributed by atoms with E-state index in [0.29, 0.717) is 18.7 Å². The summed E-state index contributed by atoms with van der Waals surface area (Å²) in [6.45, 7) is 4.41. The van der Waals surface area contributed by atoms with Crippen molar-refractivity contribution in [2.45, 2.75) is 76.8 Å². The first-order valence-corrected chi connectivity index (χ1v) is 13.1. The summed E-state index contributed by atoms with van der Waals surface area (Å²) >= 11 is 1.49. The van der Waals surface area contributed by atoms with E-state index in [1.165, 1.54) is 30.3 Å². The summed E-state index contributed by atoms with van der Waals surface area (Å²) in [6, 6.07) is 14.2. The van der Waals surface area contributed by atoms with Crippen molar-refractivity contribution in [3.63, 3.8) is 0 Å². The van der Waals surface area contributed by atoms with Crippen LogP contribution in [0.4, 0.5) is 4.39 Å². The topological polar surface area (TPSA) is 49.4 Å². The molecule has 1 atom stereocenters. The smallest absolute Gasteiger partial charge is 0.243 e. The van der Waals surface area contributed by atoms with Gasteiger partial charge in [-0.25, -0.2) is 4.39 Å². The molecule has 1 aliphatic rings. The zero-order chi connectivity index (χ0) is 23.6. The fraction of sp³-hybridized carbons (Fsp3) is 0.481. The van der Waals surface area contributed by atoms with Crippen LogP contribution in [0.25, 0.3) is 0 Å². The van der Waals surface area contributed by atoms with Crippen LogP contribution in [0.3, 0.4) is 0 Å². The molecule has 0 spiro atoms. The number of nitrogens with one attached hydrogen (secondary N) is 1. The van der Waals surface area contributed by atoms with Gasteiger partial charge in [0.2, 0.25) is 11.8 Å². The van der Waals surface area contributed by atoms with Crippen molar-refractivity contribution in [3.8, 4) is 0 Å². The highest BCUT2D eigenvalue weighted by atomic mass is 32.2. The van der Waals surface area contributed by atoms with Gasteiger partial charge in [-0.05, 0) is 49.4 Å². The second-order valence-corrected chi connectivity index (χ2v) is 9.88. The van der Waals surface area contributed by atoms with Gasteiger partial charge in [0.25, 0.3) is 0 Å². The van der Waals surface area contributed by atoms with Gasteiger partial charge in [0.1, 0.15) is 11.9 Å². The van der Waals surface area contributed by atoms with Crippen LogP contribution in [0.5, 0.6) is 0 Å². The molecule has 0 bridgehead atoms. The zero-order valence-corrected chi connectivity index (χ0v) is 20.5. The van der Waals surface area contributed by atoms with Gasteiger partial charge < -0.3 is 10.2 Å². The van der Waals surface area contributed by atoms with Crippen LogP contribution in [-0.4, -0.2) is 34.6 Å². The molecule has 0 heterocycles. The van der Waals surface area contributed by atoms with Gasteiger partial charge in [-0.15, -0.1) is 11.8 Å². The average Bonchev–Trinajstić information content (AvgIpc) is 2.81. The molecule has 4 nitrogen and oxygen atoms in total. The number of amides is 2. The number of thioether (sulfide) groups is 1. The van der Waals surface area contributed by atoms with Gasteiger partial charge in [0.05, 0.1) is 5.75 Å². The molecule has 6 heteroatoms. The summed E-state index contributed by atoms with van der Waals surface area (Å²) < 4.78 is 13.1. The van der Waals surface area contributed by atoms with Gasteiger partial charge in [-0.1, -0.05) is 68.1 Å². The maximum absolute atomic E-state index is 13.3. The normalized spacial score (nSPS) is 15.1. The van der Waals surface area contributed by atoms with Crippen LogP contribution < -0.4 is 5.32 Å². The van der Waals surface area contributed by atoms with Crippen LogP contribution in [0.15, 0.2) is 48.5 Å². The molecule has 0 aromatic heterocycles. The van der Waals surface area contributed by atoms with Gasteiger partial charge in [0.15, 0.2) is 0 Å². The Balaban J connectivity index is 1.69. The highest BCUT2D eigenvalue weighted by molar-refractivity contribution is 7.99. The molecule has 3 rings (SSSR count). The van der Waals surface area contributed by atoms with E-state index in [0.717, 1.165) is 42.4 Å². The highest BCUT2D eigenvalue weighted by Crippen LogP contribution is 2.20. The average molecular weight is 471 g/mol. The van der Waals surface area contributed by atoms with Crippen molar-refractivity contribution in [3.05, 3.63) is 71.0 Å². The molecule has 1 saturated carbocycles. The summed E-state index contributed by atoms with van der Waals surface area (Å²) in [5.41, 5.74) is 3.13. The number of aryl methyl sites for hydroxylation is 1. The molecule has 1 aliphatic carbocycles. The van der Waals surface area contributed by atoms with Gasteiger partial charge in [-0.3, -0.25) is 9.59 Å². The van der Waals surface area contributed by atoms with Crippen LogP contribution in [-0.2, 0) is 21.9 Å². The fourth-order valence-corrected chi connectivity index (χ4v) is 5.26. The molecule has 0 aliphatic heterocycles. The van der Waals surface area contributed by atoms with E-state index in [9.17, 15) is 14.0 Å². The molecular formula is C27H35FN2O2S. The molecule has 1 fully saturated rings. The Labute approximate surface area is 201 Å². The summed E-state index contributed by atoms with van der Waals surface area (Å²) in [7, 11) is 0. The first-order valence-electron chi connectivity index (χ1n) is 11.9. The number of benzene rings is 2. The number of hydrogen-bond donors (Lipinski definition) is 1. The number of carbonyl (C=O) groups excluding carboxylic acids is 2. The summed E-state index contributed by atoms with van der Waals surface area (Å²) in [5, 5.41) is 3.21. The van der Waals surface area contributed by atoms with Crippen LogP contribution >= 0.6 is 11.8 Å². The first kappa shape index (κ1) is 25.3. The quantitative estimate of drug-likeness (QED) is 0.490. The molecular weight excluding hydrogens is 435 g/mol. The summed E-state index contributed by atoms with van der Waals surface area (Å²) in [6.07, 6.45) is 6.12. The molecule has 33 heavy (non-hydrogen) atoms. The molecule has 178 valence electrons. The van der Waals surface area contributed by atoms with E-state index >= 15 is 0 Å². The van der Waals surface area contributed by atoms with E-state index in [4.69, 9.17) is 0 Å². The maximum Gasteiger partial charge on any atom is 0.243 e. The Morgan fingerprint density at radius 2 is 1.82 bits per heavy atom. The largest absolute Gasteiger partial charge is 0.352 e. The third-order valence-corrected chi connectivity index (χ3v) is 7.17. The van der Waals surface area contributed by atoms with Crippen molar-refractivity contribution in [2.75, 3.05) is 5.75 Å². The third kappa shape index (κ3) is 7.88. The number of halogens is 1. The van der Waals surface area contributed by atoms with Gasteiger partial charge in [-0.2, -0.15) is 0 Å². The minimum Gasteiger partial charge on any atom is -0.352 e. The lowest BCUT2D eigenvalue weighted by atomic mass is 9.95. The Morgan fingerprint density at radius 1 is 1.09 bits per heavy atom. The zero-order valence-electron chi connectivity index (χ0n) is 19.7. The van der Waals surface area contributed by atoms with Crippen LogP contribution in [0.2, 0.25) is 0 Å². The van der Waals surface area contributed by atoms with Crippen molar-refractivity contribution in [1.29, 1.82) is 0 Å². The lowest BCUT2D eigenvalue weighted by Crippen LogP contribution is -2.52. The number of nitrogens with zero attached hydrogens (tertiary/aromatic N) is 1. The fourth-order valence-electron chi connectivity index (χ4n) is 4.39. The number of hydrogen-bond acceptors (Lipinski definition) is 3. The SMILES string of the molecule is CC[C@@H](C(=O)NC1CCCCC1)N(Cc1cccc(C)c1)C(=O)CSCc1ccc(F)cc1. The molecule has 2 aromatic carbocycles. The predicted octanol–water partition coefficient (Wildman–Crippen LogP) is 5.62. The number of carbonyl (C=O) groups is 2. The monoisotopic (exact) mass is 470 g/mol. The summed E-state index contributed by atoms with van der Waals surface area (Å²) in [5.74, 6) is 0.535. The Kier molecular flexibility index (Phi) is 9.79. The molecule has 2 amide bonds. The Morgan fingerprint density at radius 3 is 2.48 bits per heavy atom. The van der Waals surface area contributed by atoms with E-state index < -0.39 is 6.04 Å². The Bertz CT molecular complexity index is 913. The van der Waals surface area contributed by atoms with Crippen molar-refractivity contribution >= 4 is 23.6 Å². The lowest BCUT2D eigenvalue weighted by molar-refractivity contribution is -0.139. The molecule has 0 radical (unpaired) electrons. The summed E-state index contributed by atoms with van der Waals surface area (Å²) in [4.78, 5) is 28.3. The number of rotatable bonds is 10. The standard InChI is InChI=1S/C27H35FN2O2S/c1-3-25(27(32)29-24-10-5-4-6-11-24)30(17-22-9-7-8-20(2)16-22)26(31)19-33-18-21-12-14-23(28)15-13-21/h7-9,12-16,24-25H,3-6,10-11,17-19H2,1-2H3,(H,29,32)/t25-/m0/s1. The second kappa shape index (κ2) is 12.8. The molecule has 1 N–H and O–H groups in total. The lowest BCUT2D eigenvalue weighted by Gasteiger charge is -2.33. The predicted molar refractivity (Wildman–Crippen MR) is 133 cm³/mol. The second-order valence-electron chi connectivity index (χ2n) is 8.90. The van der Waals surface area contributed by atoms with Gasteiger partial charge in [0, 0.05) is 18.3 Å². The maximum atomic E-state index is 13.3. The van der Waals surface area contributed by atoms with E-state index in [1.54, 1.807) is 17.0 Å². The van der Waals surface area contributed by atoms with Gasteiger partial charge >= 0.3 is 0 Å². The van der Waals surface area contributed by atoms with E-state index in [1.807, 2.05) is 32.0 Å². The van der Waals surface area contributed by atoms with Crippen molar-refractivity contribution in [2.24, 2.45) is 0 Å². The molecule has 0 saturated heterocycles. The third-order valence-electron chi connectivity index (χ3n) is 6.18. The van der Waals surface area contributed by atoms with E-state index in [-0.39, 0.29) is 29.4 Å². The van der Waals surface area contributed by atoms with Crippen molar-refractivity contribution < 1.29 is 14.0 Å². The minimum atomic E-state index is -0.494. The molecule has 0 unspecified atom stereocenters. The highest BCUT2D eigenvalue weighted by Gasteiger charge is 2.30. The van der Waals surface area contributed by atoms with Crippen molar-refractivity contribution in [1.82, 2.24) is 10.2 Å². The minimum absolute atomic E-state index is 0.0470. The van der Waals surface area contributed by atoms with Crippen LogP contribution in [0.1, 0.15) is 62.1 Å². The van der Waals surface area contributed by atoms with Crippen LogP contribution in [0, 0.1) is 12.7 Å². The molecule has 2 aromatic rings. The Hall–Kier alpha value is -2.34. The van der Waals surface area contributed by atoms with E-state index in [2.05, 4.69) is 11.4 Å².